The van der Waals surface area contributed by atoms with Crippen molar-refractivity contribution in [1.29, 1.82) is 0 Å². The van der Waals surface area contributed by atoms with Crippen LogP contribution in [0.2, 0.25) is 0 Å². The Balaban J connectivity index is 1.64. The number of benzene rings is 3. The lowest BCUT2D eigenvalue weighted by Crippen LogP contribution is -2.19. The molecule has 5 heteroatoms. The second-order valence-corrected chi connectivity index (χ2v) is 8.33. The van der Waals surface area contributed by atoms with Crippen molar-refractivity contribution >= 4 is 33.4 Å². The van der Waals surface area contributed by atoms with Gasteiger partial charge in [0, 0.05) is 28.2 Å². The Hall–Kier alpha value is -3.99. The van der Waals surface area contributed by atoms with Crippen LogP contribution in [0.15, 0.2) is 72.9 Å². The van der Waals surface area contributed by atoms with Crippen LogP contribution in [0.3, 0.4) is 0 Å². The zero-order valence-electron chi connectivity index (χ0n) is 18.4. The summed E-state index contributed by atoms with van der Waals surface area (Å²) < 4.78 is 1.80. The maximum absolute atomic E-state index is 12.9. The molecule has 2 heterocycles. The number of anilines is 1. The van der Waals surface area contributed by atoms with Crippen molar-refractivity contribution in [3.8, 4) is 11.3 Å². The first kappa shape index (κ1) is 19.9. The summed E-state index contributed by atoms with van der Waals surface area (Å²) >= 11 is 0. The fourth-order valence-electron chi connectivity index (χ4n) is 4.07. The number of aryl methyl sites for hydroxylation is 3. The fourth-order valence-corrected chi connectivity index (χ4v) is 4.07. The Morgan fingerprint density at radius 3 is 2.41 bits per heavy atom. The van der Waals surface area contributed by atoms with Gasteiger partial charge in [0.1, 0.15) is 12.2 Å². The number of hydrogen-bond acceptors (Lipinski definition) is 3. The van der Waals surface area contributed by atoms with Crippen molar-refractivity contribution in [2.45, 2.75) is 27.3 Å². The van der Waals surface area contributed by atoms with Crippen LogP contribution < -0.4 is 5.32 Å². The summed E-state index contributed by atoms with van der Waals surface area (Å²) in [6, 6.07) is 22.2. The van der Waals surface area contributed by atoms with E-state index in [1.807, 2.05) is 49.5 Å². The van der Waals surface area contributed by atoms with E-state index in [0.717, 1.165) is 49.9 Å². The first-order chi connectivity index (χ1) is 15.5. The van der Waals surface area contributed by atoms with Gasteiger partial charge < -0.3 is 5.32 Å². The number of amides is 1. The first-order valence-electron chi connectivity index (χ1n) is 10.7. The maximum atomic E-state index is 12.9. The highest BCUT2D eigenvalue weighted by molar-refractivity contribution is 6.08. The summed E-state index contributed by atoms with van der Waals surface area (Å²) in [5.74, 6) is -0.118. The number of rotatable bonds is 4. The third kappa shape index (κ3) is 3.73. The first-order valence-corrected chi connectivity index (χ1v) is 10.7. The quantitative estimate of drug-likeness (QED) is 0.399. The van der Waals surface area contributed by atoms with Crippen molar-refractivity contribution in [2.75, 3.05) is 5.32 Å². The van der Waals surface area contributed by atoms with Crippen LogP contribution in [0.25, 0.3) is 33.1 Å². The van der Waals surface area contributed by atoms with Gasteiger partial charge in [0.15, 0.2) is 0 Å². The SMILES string of the molecule is Cc1ccc(-c2nn(CC(=O)Nc3cccc(C)c3)c3c2cnc2ccc(C)cc23)cc1. The van der Waals surface area contributed by atoms with E-state index in [9.17, 15) is 4.79 Å². The molecule has 2 aromatic heterocycles. The molecule has 0 atom stereocenters. The Kier molecular flexibility index (Phi) is 4.94. The van der Waals surface area contributed by atoms with E-state index in [4.69, 9.17) is 5.10 Å². The summed E-state index contributed by atoms with van der Waals surface area (Å²) in [5, 5.41) is 9.82. The van der Waals surface area contributed by atoms with Crippen molar-refractivity contribution in [1.82, 2.24) is 14.8 Å². The number of carbonyl (C=O) groups excluding carboxylic acids is 1. The molecule has 0 unspecified atom stereocenters. The van der Waals surface area contributed by atoms with Crippen molar-refractivity contribution in [2.24, 2.45) is 0 Å². The molecule has 0 radical (unpaired) electrons. The van der Waals surface area contributed by atoms with Crippen LogP contribution >= 0.6 is 0 Å². The molecule has 5 rings (SSSR count). The number of nitrogens with zero attached hydrogens (tertiary/aromatic N) is 3. The van der Waals surface area contributed by atoms with Crippen LogP contribution in [0, 0.1) is 20.8 Å². The summed E-state index contributed by atoms with van der Waals surface area (Å²) in [5.41, 5.74) is 7.86. The minimum Gasteiger partial charge on any atom is -0.324 e. The minimum absolute atomic E-state index is 0.114. The van der Waals surface area contributed by atoms with Crippen LogP contribution in [0.1, 0.15) is 16.7 Å². The van der Waals surface area contributed by atoms with E-state index in [1.54, 1.807) is 4.68 Å². The molecule has 0 fully saturated rings. The van der Waals surface area contributed by atoms with Gasteiger partial charge in [-0.05, 0) is 50.6 Å². The van der Waals surface area contributed by atoms with Crippen molar-refractivity contribution in [3.05, 3.63) is 89.6 Å². The monoisotopic (exact) mass is 420 g/mol. The molecule has 3 aromatic carbocycles. The standard InChI is InChI=1S/C27H24N4O/c1-17-7-10-20(11-8-17)26-23-15-28-24-12-9-19(3)14-22(24)27(23)31(30-26)16-25(32)29-21-6-4-5-18(2)13-21/h4-15H,16H2,1-3H3,(H,29,32). The van der Waals surface area contributed by atoms with Gasteiger partial charge in [0.25, 0.3) is 0 Å². The predicted molar refractivity (Wildman–Crippen MR) is 130 cm³/mol. The molecule has 0 bridgehead atoms. The van der Waals surface area contributed by atoms with E-state index in [0.29, 0.717) is 0 Å². The zero-order valence-corrected chi connectivity index (χ0v) is 18.4. The van der Waals surface area contributed by atoms with Gasteiger partial charge >= 0.3 is 0 Å². The predicted octanol–water partition coefficient (Wildman–Crippen LogP) is 5.82. The smallest absolute Gasteiger partial charge is 0.246 e. The van der Waals surface area contributed by atoms with Crippen LogP contribution in [0.5, 0.6) is 0 Å². The molecule has 1 amide bonds. The molecule has 1 N–H and O–H groups in total. The number of carbonyl (C=O) groups is 1. The second kappa shape index (κ2) is 7.93. The number of aromatic nitrogens is 3. The van der Waals surface area contributed by atoms with Crippen molar-refractivity contribution in [3.63, 3.8) is 0 Å². The van der Waals surface area contributed by atoms with E-state index in [2.05, 4.69) is 54.5 Å². The molecule has 0 aliphatic heterocycles. The maximum Gasteiger partial charge on any atom is 0.246 e. The Morgan fingerprint density at radius 1 is 0.875 bits per heavy atom. The molecular formula is C27H24N4O. The average molecular weight is 421 g/mol. The van der Waals surface area contributed by atoms with Gasteiger partial charge in [-0.1, -0.05) is 53.6 Å². The zero-order chi connectivity index (χ0) is 22.2. The van der Waals surface area contributed by atoms with Crippen molar-refractivity contribution < 1.29 is 4.79 Å². The van der Waals surface area contributed by atoms with Gasteiger partial charge in [-0.15, -0.1) is 0 Å². The van der Waals surface area contributed by atoms with Gasteiger partial charge in [-0.25, -0.2) is 0 Å². The summed E-state index contributed by atoms with van der Waals surface area (Å²) in [7, 11) is 0. The van der Waals surface area contributed by atoms with Gasteiger partial charge in [-0.2, -0.15) is 5.10 Å². The van der Waals surface area contributed by atoms with Crippen LogP contribution in [-0.4, -0.2) is 20.7 Å². The topological polar surface area (TPSA) is 59.8 Å². The highest BCUT2D eigenvalue weighted by atomic mass is 16.2. The Labute approximate surface area is 186 Å². The number of pyridine rings is 1. The summed E-state index contributed by atoms with van der Waals surface area (Å²) in [6.07, 6.45) is 1.87. The van der Waals surface area contributed by atoms with E-state index >= 15 is 0 Å². The van der Waals surface area contributed by atoms with Crippen LogP contribution in [-0.2, 0) is 11.3 Å². The third-order valence-electron chi connectivity index (χ3n) is 5.65. The molecule has 0 aliphatic carbocycles. The minimum atomic E-state index is -0.118. The lowest BCUT2D eigenvalue weighted by molar-refractivity contribution is -0.116. The second-order valence-electron chi connectivity index (χ2n) is 8.33. The molecule has 0 saturated heterocycles. The molecular weight excluding hydrogens is 396 g/mol. The molecule has 0 spiro atoms. The number of fused-ring (bicyclic) bond motifs is 3. The highest BCUT2D eigenvalue weighted by Crippen LogP contribution is 2.32. The molecule has 5 aromatic rings. The van der Waals surface area contributed by atoms with E-state index in [1.165, 1.54) is 5.56 Å². The van der Waals surface area contributed by atoms with E-state index in [-0.39, 0.29) is 12.5 Å². The number of hydrogen-bond donors (Lipinski definition) is 1. The summed E-state index contributed by atoms with van der Waals surface area (Å²) in [4.78, 5) is 17.6. The summed E-state index contributed by atoms with van der Waals surface area (Å²) in [6.45, 7) is 6.24. The Morgan fingerprint density at radius 2 is 1.62 bits per heavy atom. The lowest BCUT2D eigenvalue weighted by Gasteiger charge is -2.08. The molecule has 0 saturated carbocycles. The Bertz CT molecular complexity index is 1470. The molecule has 32 heavy (non-hydrogen) atoms. The number of nitrogens with one attached hydrogen (secondary N) is 1. The van der Waals surface area contributed by atoms with Gasteiger partial charge in [0.05, 0.1) is 11.0 Å². The fraction of sp³-hybridized carbons (Fsp3) is 0.148. The van der Waals surface area contributed by atoms with Gasteiger partial charge in [-0.3, -0.25) is 14.5 Å². The molecule has 5 nitrogen and oxygen atoms in total. The van der Waals surface area contributed by atoms with Gasteiger partial charge in [0.2, 0.25) is 5.91 Å². The normalized spacial score (nSPS) is 11.2. The van der Waals surface area contributed by atoms with Crippen LogP contribution in [0.4, 0.5) is 5.69 Å². The lowest BCUT2D eigenvalue weighted by atomic mass is 10.0. The average Bonchev–Trinajstić information content (AvgIpc) is 3.13. The highest BCUT2D eigenvalue weighted by Gasteiger charge is 2.18. The molecule has 0 aliphatic rings. The van der Waals surface area contributed by atoms with E-state index < -0.39 is 0 Å². The molecule has 158 valence electrons. The largest absolute Gasteiger partial charge is 0.324 e. The third-order valence-corrected chi connectivity index (χ3v) is 5.65.